The van der Waals surface area contributed by atoms with Crippen LogP contribution in [-0.2, 0) is 5.75 Å². The fourth-order valence-corrected chi connectivity index (χ4v) is 4.02. The van der Waals surface area contributed by atoms with Gasteiger partial charge in [-0.25, -0.2) is 18.7 Å². The van der Waals surface area contributed by atoms with Crippen molar-refractivity contribution in [2.24, 2.45) is 0 Å². The van der Waals surface area contributed by atoms with E-state index in [4.69, 9.17) is 0 Å². The van der Waals surface area contributed by atoms with Crippen LogP contribution in [0, 0.1) is 11.6 Å². The highest BCUT2D eigenvalue weighted by atomic mass is 32.2. The van der Waals surface area contributed by atoms with Crippen molar-refractivity contribution in [2.75, 3.05) is 36.0 Å². The van der Waals surface area contributed by atoms with Crippen LogP contribution in [0.4, 0.5) is 20.3 Å². The molecule has 0 N–H and O–H groups in total. The van der Waals surface area contributed by atoms with E-state index in [1.165, 1.54) is 18.2 Å². The van der Waals surface area contributed by atoms with Crippen molar-refractivity contribution < 1.29 is 8.78 Å². The van der Waals surface area contributed by atoms with Gasteiger partial charge < -0.3 is 9.80 Å². The first kappa shape index (κ1) is 18.7. The van der Waals surface area contributed by atoms with E-state index in [0.29, 0.717) is 5.69 Å². The van der Waals surface area contributed by atoms with E-state index in [-0.39, 0.29) is 11.6 Å². The Kier molecular flexibility index (Phi) is 5.71. The number of thioether (sulfide) groups is 1. The van der Waals surface area contributed by atoms with Crippen LogP contribution in [0.2, 0.25) is 0 Å². The quantitative estimate of drug-likeness (QED) is 0.471. The predicted molar refractivity (Wildman–Crippen MR) is 109 cm³/mol. The second-order valence-electron chi connectivity index (χ2n) is 6.56. The van der Waals surface area contributed by atoms with Crippen molar-refractivity contribution in [3.8, 4) is 0 Å². The van der Waals surface area contributed by atoms with Gasteiger partial charge in [-0.05, 0) is 29.8 Å². The summed E-state index contributed by atoms with van der Waals surface area (Å²) in [6.07, 6.45) is 1.57. The van der Waals surface area contributed by atoms with Gasteiger partial charge in [-0.1, -0.05) is 24.3 Å². The summed E-state index contributed by atoms with van der Waals surface area (Å²) in [6, 6.07) is 15.4. The Hall–Kier alpha value is -2.67. The minimum absolute atomic E-state index is 0.183. The molecule has 0 saturated carbocycles. The zero-order valence-corrected chi connectivity index (χ0v) is 16.1. The molecule has 4 rings (SSSR count). The summed E-state index contributed by atoms with van der Waals surface area (Å²) in [5, 5.41) is 0.880. The Balaban J connectivity index is 1.37. The van der Waals surface area contributed by atoms with Gasteiger partial charge in [0, 0.05) is 38.0 Å². The van der Waals surface area contributed by atoms with Crippen LogP contribution in [0.15, 0.2) is 66.0 Å². The van der Waals surface area contributed by atoms with Gasteiger partial charge in [0.15, 0.2) is 0 Å². The van der Waals surface area contributed by atoms with E-state index in [0.717, 1.165) is 48.3 Å². The highest BCUT2D eigenvalue weighted by Gasteiger charge is 2.20. The Bertz CT molecular complexity index is 928. The van der Waals surface area contributed by atoms with Crippen molar-refractivity contribution in [1.82, 2.24) is 9.97 Å². The van der Waals surface area contributed by atoms with Gasteiger partial charge in [0.2, 0.25) is 0 Å². The fraction of sp³-hybridized carbons (Fsp3) is 0.238. The molecular weight excluding hydrogens is 378 g/mol. The first-order valence-corrected chi connectivity index (χ1v) is 10.1. The second-order valence-corrected chi connectivity index (χ2v) is 7.55. The molecule has 2 heterocycles. The summed E-state index contributed by atoms with van der Waals surface area (Å²) >= 11 is 1.60. The van der Waals surface area contributed by atoms with Crippen LogP contribution < -0.4 is 9.80 Å². The molecule has 0 unspecified atom stereocenters. The number of rotatable bonds is 5. The van der Waals surface area contributed by atoms with Gasteiger partial charge in [0.1, 0.15) is 28.8 Å². The van der Waals surface area contributed by atoms with Crippen LogP contribution in [-0.4, -0.2) is 36.1 Å². The SMILES string of the molecule is Fc1ccc(CSc2cc(N3CCN(c4ccccc4F)CC3)ncn2)cc1. The van der Waals surface area contributed by atoms with Crippen molar-refractivity contribution >= 4 is 23.3 Å². The number of halogens is 2. The van der Waals surface area contributed by atoms with E-state index in [2.05, 4.69) is 19.8 Å². The van der Waals surface area contributed by atoms with Crippen LogP contribution in [0.25, 0.3) is 0 Å². The normalized spacial score (nSPS) is 14.4. The molecule has 0 bridgehead atoms. The van der Waals surface area contributed by atoms with Crippen molar-refractivity contribution in [3.05, 3.63) is 78.1 Å². The zero-order chi connectivity index (χ0) is 19.3. The molecule has 0 radical (unpaired) electrons. The highest BCUT2D eigenvalue weighted by molar-refractivity contribution is 7.98. The summed E-state index contributed by atoms with van der Waals surface area (Å²) in [4.78, 5) is 13.0. The van der Waals surface area contributed by atoms with Gasteiger partial charge in [-0.15, -0.1) is 11.8 Å². The monoisotopic (exact) mass is 398 g/mol. The minimum atomic E-state index is -0.229. The predicted octanol–water partition coefficient (Wildman–Crippen LogP) is 4.37. The molecular formula is C21H20F2N4S. The van der Waals surface area contributed by atoms with Crippen LogP contribution in [0.5, 0.6) is 0 Å². The summed E-state index contributed by atoms with van der Waals surface area (Å²) in [5.74, 6) is 1.19. The molecule has 0 atom stereocenters. The number of hydrogen-bond acceptors (Lipinski definition) is 5. The van der Waals surface area contributed by atoms with Gasteiger partial charge in [0.25, 0.3) is 0 Å². The summed E-state index contributed by atoms with van der Waals surface area (Å²) in [6.45, 7) is 3.02. The number of aromatic nitrogens is 2. The van der Waals surface area contributed by atoms with Crippen molar-refractivity contribution in [1.29, 1.82) is 0 Å². The Morgan fingerprint density at radius 1 is 0.857 bits per heavy atom. The Morgan fingerprint density at radius 2 is 1.57 bits per heavy atom. The molecule has 0 spiro atoms. The number of piperazine rings is 1. The summed E-state index contributed by atoms with van der Waals surface area (Å²) < 4.78 is 27.0. The summed E-state index contributed by atoms with van der Waals surface area (Å²) in [5.41, 5.74) is 1.70. The molecule has 28 heavy (non-hydrogen) atoms. The molecule has 1 aliphatic rings. The summed E-state index contributed by atoms with van der Waals surface area (Å²) in [7, 11) is 0. The first-order chi connectivity index (χ1) is 13.7. The van der Waals surface area contributed by atoms with Crippen LogP contribution in [0.1, 0.15) is 5.56 Å². The Morgan fingerprint density at radius 3 is 2.32 bits per heavy atom. The average molecular weight is 398 g/mol. The molecule has 1 aliphatic heterocycles. The number of benzene rings is 2. The molecule has 144 valence electrons. The lowest BCUT2D eigenvalue weighted by atomic mass is 10.2. The maximum Gasteiger partial charge on any atom is 0.146 e. The largest absolute Gasteiger partial charge is 0.366 e. The maximum atomic E-state index is 14.0. The molecule has 1 fully saturated rings. The standard InChI is InChI=1S/C21H20F2N4S/c22-17-7-5-16(6-8-17)14-28-21-13-20(24-15-25-21)27-11-9-26(10-12-27)19-4-2-1-3-18(19)23/h1-8,13,15H,9-12,14H2. The third-order valence-electron chi connectivity index (χ3n) is 4.72. The molecule has 2 aromatic carbocycles. The van der Waals surface area contributed by atoms with E-state index < -0.39 is 0 Å². The third kappa shape index (κ3) is 4.42. The lowest BCUT2D eigenvalue weighted by molar-refractivity contribution is 0.595. The molecule has 0 amide bonds. The lowest BCUT2D eigenvalue weighted by Gasteiger charge is -2.36. The maximum absolute atomic E-state index is 14.0. The third-order valence-corrected chi connectivity index (χ3v) is 5.72. The Labute approximate surface area is 167 Å². The smallest absolute Gasteiger partial charge is 0.146 e. The van der Waals surface area contributed by atoms with Gasteiger partial charge >= 0.3 is 0 Å². The highest BCUT2D eigenvalue weighted by Crippen LogP contribution is 2.25. The van der Waals surface area contributed by atoms with Gasteiger partial charge in [-0.2, -0.15) is 0 Å². The minimum Gasteiger partial charge on any atom is -0.366 e. The van der Waals surface area contributed by atoms with Gasteiger partial charge in [0.05, 0.1) is 5.69 Å². The number of para-hydroxylation sites is 1. The van der Waals surface area contributed by atoms with Crippen molar-refractivity contribution in [3.63, 3.8) is 0 Å². The number of nitrogens with zero attached hydrogens (tertiary/aromatic N) is 4. The second kappa shape index (κ2) is 8.56. The molecule has 0 aliphatic carbocycles. The molecule has 4 nitrogen and oxygen atoms in total. The van der Waals surface area contributed by atoms with Crippen LogP contribution in [0.3, 0.4) is 0 Å². The van der Waals surface area contributed by atoms with Crippen molar-refractivity contribution in [2.45, 2.75) is 10.8 Å². The van der Waals surface area contributed by atoms with Gasteiger partial charge in [-0.3, -0.25) is 0 Å². The van der Waals surface area contributed by atoms with E-state index in [1.54, 1.807) is 36.3 Å². The first-order valence-electron chi connectivity index (χ1n) is 9.13. The number of anilines is 2. The fourth-order valence-electron chi connectivity index (χ4n) is 3.20. The molecule has 1 aromatic heterocycles. The molecule has 1 saturated heterocycles. The average Bonchev–Trinajstić information content (AvgIpc) is 2.74. The molecule has 3 aromatic rings. The van der Waals surface area contributed by atoms with E-state index in [9.17, 15) is 8.78 Å². The number of hydrogen-bond donors (Lipinski definition) is 0. The lowest BCUT2D eigenvalue weighted by Crippen LogP contribution is -2.47. The zero-order valence-electron chi connectivity index (χ0n) is 15.3. The molecule has 7 heteroatoms. The van der Waals surface area contributed by atoms with Crippen LogP contribution >= 0.6 is 11.8 Å². The van der Waals surface area contributed by atoms with E-state index >= 15 is 0 Å². The van der Waals surface area contributed by atoms with E-state index in [1.807, 2.05) is 18.2 Å². The topological polar surface area (TPSA) is 32.3 Å².